The van der Waals surface area contributed by atoms with Gasteiger partial charge in [0.05, 0.1) is 6.61 Å². The lowest BCUT2D eigenvalue weighted by atomic mass is 9.75. The molecule has 1 aliphatic carbocycles. The largest absolute Gasteiger partial charge is 0.492 e. The summed E-state index contributed by atoms with van der Waals surface area (Å²) in [5.41, 5.74) is -1.22. The number of nitrogens with zero attached hydrogens (tertiary/aromatic N) is 1. The van der Waals surface area contributed by atoms with Gasteiger partial charge in [-0.1, -0.05) is 13.0 Å². The van der Waals surface area contributed by atoms with Crippen LogP contribution in [0.2, 0.25) is 0 Å². The van der Waals surface area contributed by atoms with E-state index in [1.165, 1.54) is 0 Å². The molecule has 0 aromatic carbocycles. The van der Waals surface area contributed by atoms with Gasteiger partial charge < -0.3 is 29.2 Å². The minimum absolute atomic E-state index is 0.0760. The second-order valence-corrected chi connectivity index (χ2v) is 9.92. The van der Waals surface area contributed by atoms with Gasteiger partial charge in [-0.25, -0.2) is 4.79 Å². The normalized spacial score (nSPS) is 26.6. The molecule has 3 rings (SSSR count). The molecule has 1 N–H and O–H groups in total. The molecule has 0 saturated carbocycles. The molecule has 180 valence electrons. The Labute approximate surface area is 191 Å². The van der Waals surface area contributed by atoms with E-state index in [1.54, 1.807) is 25.7 Å². The summed E-state index contributed by atoms with van der Waals surface area (Å²) >= 11 is 0. The van der Waals surface area contributed by atoms with Gasteiger partial charge in [0.25, 0.3) is 0 Å². The predicted molar refractivity (Wildman–Crippen MR) is 120 cm³/mol. The molecule has 2 amide bonds. The van der Waals surface area contributed by atoms with Gasteiger partial charge in [0, 0.05) is 25.1 Å². The lowest BCUT2D eigenvalue weighted by molar-refractivity contribution is -0.167. The molecule has 0 aromatic rings. The van der Waals surface area contributed by atoms with Gasteiger partial charge in [-0.2, -0.15) is 0 Å². The van der Waals surface area contributed by atoms with E-state index in [-0.39, 0.29) is 12.2 Å². The molecule has 0 radical (unpaired) electrons. The van der Waals surface area contributed by atoms with Crippen molar-refractivity contribution in [1.82, 2.24) is 10.2 Å². The quantitative estimate of drug-likeness (QED) is 0.570. The molecular weight excluding hydrogens is 412 g/mol. The summed E-state index contributed by atoms with van der Waals surface area (Å²) in [4.78, 5) is 27.4. The number of alkyl carbamates (subject to hydrolysis) is 1. The first-order valence-electron chi connectivity index (χ1n) is 11.7. The van der Waals surface area contributed by atoms with Gasteiger partial charge in [0.2, 0.25) is 5.91 Å². The van der Waals surface area contributed by atoms with E-state index in [0.29, 0.717) is 19.6 Å². The second kappa shape index (κ2) is 10.7. The molecule has 2 fully saturated rings. The number of rotatable bonds is 8. The zero-order valence-corrected chi connectivity index (χ0v) is 19.9. The fourth-order valence-corrected chi connectivity index (χ4v) is 3.89. The summed E-state index contributed by atoms with van der Waals surface area (Å²) < 4.78 is 22.5. The highest BCUT2D eigenvalue weighted by Gasteiger charge is 2.42. The summed E-state index contributed by atoms with van der Waals surface area (Å²) in [6.07, 6.45) is 9.78. The molecule has 3 atom stereocenters. The van der Waals surface area contributed by atoms with E-state index >= 15 is 0 Å². The maximum atomic E-state index is 13.1. The van der Waals surface area contributed by atoms with Crippen molar-refractivity contribution < 1.29 is 28.5 Å². The summed E-state index contributed by atoms with van der Waals surface area (Å²) in [6.45, 7) is 10.5. The van der Waals surface area contributed by atoms with Crippen molar-refractivity contribution in [2.45, 2.75) is 77.7 Å². The molecule has 8 heteroatoms. The lowest BCUT2D eigenvalue weighted by Crippen LogP contribution is -2.59. The van der Waals surface area contributed by atoms with E-state index in [1.807, 2.05) is 25.2 Å². The number of amides is 2. The van der Waals surface area contributed by atoms with Gasteiger partial charge >= 0.3 is 6.09 Å². The van der Waals surface area contributed by atoms with E-state index in [4.69, 9.17) is 18.9 Å². The first-order valence-corrected chi connectivity index (χ1v) is 11.7. The Balaban J connectivity index is 1.54. The van der Waals surface area contributed by atoms with Crippen LogP contribution in [0.25, 0.3) is 0 Å². The van der Waals surface area contributed by atoms with Crippen molar-refractivity contribution in [2.24, 2.45) is 5.41 Å². The Hall–Kier alpha value is -2.06. The first kappa shape index (κ1) is 24.6. The van der Waals surface area contributed by atoms with Crippen LogP contribution < -0.4 is 5.32 Å². The van der Waals surface area contributed by atoms with Crippen LogP contribution in [0.1, 0.15) is 59.8 Å². The lowest BCUT2D eigenvalue weighted by Gasteiger charge is -2.41. The number of hydrogen-bond acceptors (Lipinski definition) is 6. The highest BCUT2D eigenvalue weighted by Crippen LogP contribution is 2.35. The third kappa shape index (κ3) is 6.97. The SMILES string of the molecule is CC(C)(C)OC(=O)N[C@H](C(=O)N1CCC1)C1(C)C=CC(OCCOC2CCCCO2)=CC1. The Morgan fingerprint density at radius 3 is 2.59 bits per heavy atom. The fourth-order valence-electron chi connectivity index (χ4n) is 3.89. The Bertz CT molecular complexity index is 718. The van der Waals surface area contributed by atoms with Crippen molar-refractivity contribution in [2.75, 3.05) is 32.9 Å². The van der Waals surface area contributed by atoms with E-state index in [9.17, 15) is 9.59 Å². The number of hydrogen-bond donors (Lipinski definition) is 1. The van der Waals surface area contributed by atoms with Crippen LogP contribution in [-0.2, 0) is 23.7 Å². The number of allylic oxidation sites excluding steroid dienone is 2. The molecule has 0 aromatic heterocycles. The van der Waals surface area contributed by atoms with Crippen LogP contribution in [-0.4, -0.2) is 67.7 Å². The molecule has 0 bridgehead atoms. The molecule has 3 aliphatic rings. The summed E-state index contributed by atoms with van der Waals surface area (Å²) in [5, 5.41) is 2.83. The molecular formula is C24H38N2O6. The third-order valence-electron chi connectivity index (χ3n) is 5.90. The van der Waals surface area contributed by atoms with Crippen LogP contribution in [0.4, 0.5) is 4.79 Å². The van der Waals surface area contributed by atoms with Gasteiger partial charge in [-0.05, 0) is 65.0 Å². The van der Waals surface area contributed by atoms with Gasteiger partial charge in [0.1, 0.15) is 24.0 Å². The molecule has 2 unspecified atom stereocenters. The average Bonchev–Trinajstić information content (AvgIpc) is 2.69. The standard InChI is InChI=1S/C24H38N2O6/c1-23(2,3)32-22(28)25-20(21(27)26-13-7-14-26)24(4)11-9-18(10-12-24)29-16-17-31-19-8-5-6-15-30-19/h9-11,19-20H,5-8,12-17H2,1-4H3,(H,25,28)/t19?,20-,24?/m1/s1. The van der Waals surface area contributed by atoms with Crippen LogP contribution >= 0.6 is 0 Å². The molecule has 8 nitrogen and oxygen atoms in total. The Morgan fingerprint density at radius 1 is 1.25 bits per heavy atom. The summed E-state index contributed by atoms with van der Waals surface area (Å²) in [7, 11) is 0. The maximum absolute atomic E-state index is 13.1. The van der Waals surface area contributed by atoms with Crippen molar-refractivity contribution in [1.29, 1.82) is 0 Å². The van der Waals surface area contributed by atoms with Crippen molar-refractivity contribution in [3.8, 4) is 0 Å². The van der Waals surface area contributed by atoms with E-state index in [0.717, 1.165) is 51.1 Å². The minimum atomic E-state index is -0.710. The molecule has 32 heavy (non-hydrogen) atoms. The van der Waals surface area contributed by atoms with Crippen molar-refractivity contribution in [3.63, 3.8) is 0 Å². The maximum Gasteiger partial charge on any atom is 0.408 e. The first-order chi connectivity index (χ1) is 15.2. The number of likely N-dealkylation sites (tertiary alicyclic amines) is 1. The smallest absolute Gasteiger partial charge is 0.408 e. The van der Waals surface area contributed by atoms with E-state index in [2.05, 4.69) is 5.32 Å². The highest BCUT2D eigenvalue weighted by molar-refractivity contribution is 5.87. The molecule has 2 heterocycles. The molecule has 0 spiro atoms. The second-order valence-electron chi connectivity index (χ2n) is 9.92. The van der Waals surface area contributed by atoms with Crippen LogP contribution in [0.5, 0.6) is 0 Å². The Kier molecular flexibility index (Phi) is 8.22. The molecule has 2 aliphatic heterocycles. The van der Waals surface area contributed by atoms with Gasteiger partial charge in [-0.15, -0.1) is 0 Å². The van der Waals surface area contributed by atoms with Crippen LogP contribution in [0.15, 0.2) is 24.0 Å². The molecule has 2 saturated heterocycles. The van der Waals surface area contributed by atoms with Crippen molar-refractivity contribution in [3.05, 3.63) is 24.0 Å². The number of nitrogens with one attached hydrogen (secondary N) is 1. The average molecular weight is 451 g/mol. The minimum Gasteiger partial charge on any atom is -0.492 e. The zero-order chi connectivity index (χ0) is 23.2. The van der Waals surface area contributed by atoms with Crippen LogP contribution in [0, 0.1) is 5.41 Å². The zero-order valence-electron chi connectivity index (χ0n) is 19.9. The van der Waals surface area contributed by atoms with Crippen molar-refractivity contribution >= 4 is 12.0 Å². The van der Waals surface area contributed by atoms with Gasteiger partial charge in [0.15, 0.2) is 6.29 Å². The van der Waals surface area contributed by atoms with Crippen LogP contribution in [0.3, 0.4) is 0 Å². The Morgan fingerprint density at radius 2 is 2.03 bits per heavy atom. The predicted octanol–water partition coefficient (Wildman–Crippen LogP) is 3.52. The topological polar surface area (TPSA) is 86.3 Å². The highest BCUT2D eigenvalue weighted by atomic mass is 16.7. The summed E-state index contributed by atoms with van der Waals surface area (Å²) in [5.74, 6) is 0.663. The third-order valence-corrected chi connectivity index (χ3v) is 5.90. The number of carbonyl (C=O) groups excluding carboxylic acids is 2. The fraction of sp³-hybridized carbons (Fsp3) is 0.750. The number of carbonyl (C=O) groups is 2. The van der Waals surface area contributed by atoms with Gasteiger partial charge in [-0.3, -0.25) is 4.79 Å². The number of ether oxygens (including phenoxy) is 4. The summed E-state index contributed by atoms with van der Waals surface area (Å²) in [6, 6.07) is -0.710. The monoisotopic (exact) mass is 450 g/mol. The van der Waals surface area contributed by atoms with E-state index < -0.39 is 23.2 Å².